The summed E-state index contributed by atoms with van der Waals surface area (Å²) >= 11 is 1.25. The Morgan fingerprint density at radius 2 is 1.93 bits per heavy atom. The van der Waals surface area contributed by atoms with E-state index in [-0.39, 0.29) is 24.3 Å². The summed E-state index contributed by atoms with van der Waals surface area (Å²) in [6, 6.07) is -0.698. The van der Waals surface area contributed by atoms with Crippen molar-refractivity contribution in [2.45, 2.75) is 75.7 Å². The molecule has 0 bridgehead atoms. The zero-order valence-electron chi connectivity index (χ0n) is 16.6. The third-order valence-corrected chi connectivity index (χ3v) is 6.13. The van der Waals surface area contributed by atoms with Crippen LogP contribution in [-0.4, -0.2) is 44.5 Å². The van der Waals surface area contributed by atoms with Crippen molar-refractivity contribution in [2.75, 3.05) is 6.61 Å². The van der Waals surface area contributed by atoms with Crippen LogP contribution in [0.15, 0.2) is 5.16 Å². The highest BCUT2D eigenvalue weighted by atomic mass is 32.2. The molecule has 3 N–H and O–H groups in total. The molecule has 1 saturated carbocycles. The number of nitrogens with two attached hydrogens (primary N) is 1. The molecule has 10 heteroatoms. The van der Waals surface area contributed by atoms with Crippen LogP contribution in [0.2, 0.25) is 0 Å². The topological polar surface area (TPSA) is 129 Å². The summed E-state index contributed by atoms with van der Waals surface area (Å²) in [4.78, 5) is 35.5. The molecule has 0 aliphatic heterocycles. The first-order valence-electron chi connectivity index (χ1n) is 9.69. The van der Waals surface area contributed by atoms with E-state index in [9.17, 15) is 14.4 Å². The first-order chi connectivity index (χ1) is 13.3. The SMILES string of the molecule is CCOC(=O)Cc1nnc(S[C@H](C(=O)NC(N)=O)C(C)C)n1C1CCCCC1. The third-order valence-electron chi connectivity index (χ3n) is 4.63. The van der Waals surface area contributed by atoms with E-state index in [1.165, 1.54) is 18.2 Å². The second-order valence-electron chi connectivity index (χ2n) is 7.18. The number of nitrogens with one attached hydrogen (secondary N) is 1. The maximum absolute atomic E-state index is 12.4. The van der Waals surface area contributed by atoms with E-state index in [2.05, 4.69) is 15.5 Å². The van der Waals surface area contributed by atoms with E-state index in [4.69, 9.17) is 10.5 Å². The normalized spacial score (nSPS) is 16.0. The lowest BCUT2D eigenvalue weighted by Crippen LogP contribution is -2.42. The van der Waals surface area contributed by atoms with Gasteiger partial charge in [-0.1, -0.05) is 44.9 Å². The number of rotatable bonds is 8. The zero-order valence-corrected chi connectivity index (χ0v) is 17.5. The molecule has 0 saturated heterocycles. The highest BCUT2D eigenvalue weighted by Gasteiger charge is 2.30. The molecule has 0 aromatic carbocycles. The van der Waals surface area contributed by atoms with Crippen LogP contribution in [-0.2, 0) is 20.7 Å². The number of carbonyl (C=O) groups excluding carboxylic acids is 3. The molecule has 1 fully saturated rings. The number of amides is 3. The summed E-state index contributed by atoms with van der Waals surface area (Å²) in [5, 5.41) is 10.6. The molecule has 3 amide bonds. The van der Waals surface area contributed by atoms with Crippen molar-refractivity contribution in [1.82, 2.24) is 20.1 Å². The van der Waals surface area contributed by atoms with E-state index >= 15 is 0 Å². The lowest BCUT2D eigenvalue weighted by Gasteiger charge is -2.26. The molecule has 1 heterocycles. The van der Waals surface area contributed by atoms with Gasteiger partial charge in [0.2, 0.25) is 5.91 Å². The predicted octanol–water partition coefficient (Wildman–Crippen LogP) is 2.20. The Morgan fingerprint density at radius 1 is 1.25 bits per heavy atom. The second-order valence-corrected chi connectivity index (χ2v) is 8.29. The van der Waals surface area contributed by atoms with Crippen molar-refractivity contribution < 1.29 is 19.1 Å². The van der Waals surface area contributed by atoms with Gasteiger partial charge in [-0.2, -0.15) is 0 Å². The minimum Gasteiger partial charge on any atom is -0.466 e. The summed E-state index contributed by atoms with van der Waals surface area (Å²) < 4.78 is 7.04. The molecule has 1 aromatic heterocycles. The predicted molar refractivity (Wildman–Crippen MR) is 105 cm³/mol. The number of urea groups is 1. The van der Waals surface area contributed by atoms with Crippen LogP contribution in [0.3, 0.4) is 0 Å². The average molecular weight is 412 g/mol. The maximum atomic E-state index is 12.4. The molecular weight excluding hydrogens is 382 g/mol. The van der Waals surface area contributed by atoms with Crippen molar-refractivity contribution in [3.63, 3.8) is 0 Å². The fourth-order valence-electron chi connectivity index (χ4n) is 3.35. The number of carbonyl (C=O) groups is 3. The Balaban J connectivity index is 2.30. The van der Waals surface area contributed by atoms with E-state index < -0.39 is 17.2 Å². The quantitative estimate of drug-likeness (QED) is 0.495. The molecule has 1 aliphatic carbocycles. The van der Waals surface area contributed by atoms with Gasteiger partial charge in [0.05, 0.1) is 11.9 Å². The Morgan fingerprint density at radius 3 is 2.50 bits per heavy atom. The molecule has 9 nitrogen and oxygen atoms in total. The fourth-order valence-corrected chi connectivity index (χ4v) is 4.48. The molecular formula is C18H29N5O4S. The summed E-state index contributed by atoms with van der Waals surface area (Å²) in [7, 11) is 0. The van der Waals surface area contributed by atoms with Gasteiger partial charge in [0, 0.05) is 6.04 Å². The highest BCUT2D eigenvalue weighted by molar-refractivity contribution is 8.00. The van der Waals surface area contributed by atoms with Crippen LogP contribution in [0.25, 0.3) is 0 Å². The number of aromatic nitrogens is 3. The zero-order chi connectivity index (χ0) is 20.7. The van der Waals surface area contributed by atoms with Gasteiger partial charge in [-0.15, -0.1) is 10.2 Å². The smallest absolute Gasteiger partial charge is 0.318 e. The molecule has 1 atom stereocenters. The summed E-state index contributed by atoms with van der Waals surface area (Å²) in [6.45, 7) is 5.84. The Kier molecular flexibility index (Phi) is 8.28. The first kappa shape index (κ1) is 22.2. The summed E-state index contributed by atoms with van der Waals surface area (Å²) in [5.41, 5.74) is 5.09. The first-order valence-corrected chi connectivity index (χ1v) is 10.6. The minimum atomic E-state index is -0.881. The summed E-state index contributed by atoms with van der Waals surface area (Å²) in [6.07, 6.45) is 5.37. The average Bonchev–Trinajstić information content (AvgIpc) is 3.01. The van der Waals surface area contributed by atoms with Crippen LogP contribution in [0.4, 0.5) is 4.79 Å². The van der Waals surface area contributed by atoms with Crippen LogP contribution in [0.1, 0.15) is 64.7 Å². The molecule has 28 heavy (non-hydrogen) atoms. The van der Waals surface area contributed by atoms with Crippen molar-refractivity contribution in [3.8, 4) is 0 Å². The second kappa shape index (κ2) is 10.4. The number of nitrogens with zero attached hydrogens (tertiary/aromatic N) is 3. The number of hydrogen-bond donors (Lipinski definition) is 2. The van der Waals surface area contributed by atoms with Gasteiger partial charge >= 0.3 is 12.0 Å². The monoisotopic (exact) mass is 411 g/mol. The lowest BCUT2D eigenvalue weighted by molar-refractivity contribution is -0.142. The Hall–Kier alpha value is -2.10. The highest BCUT2D eigenvalue weighted by Crippen LogP contribution is 2.35. The Bertz CT molecular complexity index is 700. The molecule has 0 spiro atoms. The number of hydrogen-bond acceptors (Lipinski definition) is 7. The number of esters is 1. The van der Waals surface area contributed by atoms with Gasteiger partial charge in [0.25, 0.3) is 0 Å². The van der Waals surface area contributed by atoms with Gasteiger partial charge < -0.3 is 15.0 Å². The summed E-state index contributed by atoms with van der Waals surface area (Å²) in [5.74, 6) is -0.326. The number of imide groups is 1. The third kappa shape index (κ3) is 5.95. The molecule has 0 radical (unpaired) electrons. The number of ether oxygens (including phenoxy) is 1. The van der Waals surface area contributed by atoms with Crippen molar-refractivity contribution in [2.24, 2.45) is 11.7 Å². The van der Waals surface area contributed by atoms with Gasteiger partial charge in [0.1, 0.15) is 12.2 Å². The van der Waals surface area contributed by atoms with E-state index in [1.54, 1.807) is 6.92 Å². The van der Waals surface area contributed by atoms with E-state index in [1.807, 2.05) is 18.4 Å². The Labute approximate surface area is 169 Å². The van der Waals surface area contributed by atoms with Crippen molar-refractivity contribution >= 4 is 29.7 Å². The van der Waals surface area contributed by atoms with Gasteiger partial charge in [-0.05, 0) is 25.7 Å². The number of thioether (sulfide) groups is 1. The van der Waals surface area contributed by atoms with Gasteiger partial charge in [0.15, 0.2) is 5.16 Å². The minimum absolute atomic E-state index is 0.0394. The van der Waals surface area contributed by atoms with Crippen molar-refractivity contribution in [1.29, 1.82) is 0 Å². The molecule has 1 aromatic rings. The molecule has 2 rings (SSSR count). The largest absolute Gasteiger partial charge is 0.466 e. The number of primary amides is 1. The fraction of sp³-hybridized carbons (Fsp3) is 0.722. The van der Waals surface area contributed by atoms with Gasteiger partial charge in [-0.25, -0.2) is 4.79 Å². The van der Waals surface area contributed by atoms with E-state index in [0.29, 0.717) is 17.6 Å². The van der Waals surface area contributed by atoms with Crippen LogP contribution in [0.5, 0.6) is 0 Å². The van der Waals surface area contributed by atoms with Crippen molar-refractivity contribution in [3.05, 3.63) is 5.82 Å². The van der Waals surface area contributed by atoms with Gasteiger partial charge in [-0.3, -0.25) is 14.9 Å². The maximum Gasteiger partial charge on any atom is 0.318 e. The molecule has 0 unspecified atom stereocenters. The molecule has 156 valence electrons. The van der Waals surface area contributed by atoms with Crippen LogP contribution >= 0.6 is 11.8 Å². The van der Waals surface area contributed by atoms with Crippen LogP contribution in [0, 0.1) is 5.92 Å². The molecule has 1 aliphatic rings. The standard InChI is InChI=1S/C18H29N5O4S/c1-4-27-14(24)10-13-21-22-18(23(13)12-8-6-5-7-9-12)28-15(11(2)3)16(25)20-17(19)26/h11-12,15H,4-10H2,1-3H3,(H3,19,20,25,26)/t15-/m0/s1. The lowest BCUT2D eigenvalue weighted by atomic mass is 9.95. The van der Waals surface area contributed by atoms with E-state index in [0.717, 1.165) is 25.7 Å². The van der Waals surface area contributed by atoms with Crippen LogP contribution < -0.4 is 11.1 Å².